The van der Waals surface area contributed by atoms with Crippen molar-refractivity contribution >= 4 is 5.91 Å². The summed E-state index contributed by atoms with van der Waals surface area (Å²) in [5, 5.41) is 0. The largest absolute Gasteiger partial charge is 0.341 e. The zero-order valence-electron chi connectivity index (χ0n) is 4.77. The molecule has 0 rings (SSSR count). The number of amides is 1. The van der Waals surface area contributed by atoms with Crippen LogP contribution in [-0.4, -0.2) is 17.4 Å². The number of carbonyl (C=O) groups excluding carboxylic acids is 1. The van der Waals surface area contributed by atoms with E-state index in [-0.39, 0.29) is 5.91 Å². The van der Waals surface area contributed by atoms with Gasteiger partial charge < -0.3 is 4.90 Å². The molecule has 1 amide bonds. The highest BCUT2D eigenvalue weighted by molar-refractivity contribution is 5.73. The minimum atomic E-state index is 0.0162. The highest BCUT2D eigenvalue weighted by atomic mass is 16.2. The van der Waals surface area contributed by atoms with Gasteiger partial charge in [0.15, 0.2) is 0 Å². The Morgan fingerprint density at radius 3 is 2.29 bits per heavy atom. The first-order chi connectivity index (χ1) is 3.18. The lowest BCUT2D eigenvalue weighted by Crippen LogP contribution is -2.20. The maximum Gasteiger partial charge on any atom is 0.219 e. The van der Waals surface area contributed by atoms with Crippen LogP contribution < -0.4 is 0 Å². The van der Waals surface area contributed by atoms with Gasteiger partial charge in [-0.15, -0.1) is 0 Å². The van der Waals surface area contributed by atoms with Crippen molar-refractivity contribution in [1.29, 1.82) is 0 Å². The van der Waals surface area contributed by atoms with Crippen LogP contribution in [0.1, 0.15) is 13.8 Å². The monoisotopic (exact) mass is 100 g/mol. The summed E-state index contributed by atoms with van der Waals surface area (Å²) in [4.78, 5) is 11.6. The topological polar surface area (TPSA) is 20.3 Å². The van der Waals surface area contributed by atoms with Gasteiger partial charge in [0.2, 0.25) is 5.91 Å². The SMILES string of the molecule is [CH2]N(CC)C(C)=O. The van der Waals surface area contributed by atoms with E-state index in [0.29, 0.717) is 6.54 Å². The molecular weight excluding hydrogens is 90.1 g/mol. The van der Waals surface area contributed by atoms with Gasteiger partial charge in [0.05, 0.1) is 0 Å². The van der Waals surface area contributed by atoms with Crippen molar-refractivity contribution in [3.63, 3.8) is 0 Å². The molecule has 0 spiro atoms. The lowest BCUT2D eigenvalue weighted by Gasteiger charge is -2.08. The molecule has 0 saturated heterocycles. The summed E-state index contributed by atoms with van der Waals surface area (Å²) < 4.78 is 0. The van der Waals surface area contributed by atoms with Crippen molar-refractivity contribution in [2.45, 2.75) is 13.8 Å². The van der Waals surface area contributed by atoms with Crippen LogP contribution in [0.2, 0.25) is 0 Å². The molecule has 0 aliphatic heterocycles. The van der Waals surface area contributed by atoms with Gasteiger partial charge in [-0.05, 0) is 6.92 Å². The van der Waals surface area contributed by atoms with Crippen molar-refractivity contribution in [1.82, 2.24) is 4.90 Å². The lowest BCUT2D eigenvalue weighted by molar-refractivity contribution is -0.126. The molecule has 0 aliphatic carbocycles. The molecule has 0 heterocycles. The van der Waals surface area contributed by atoms with Crippen molar-refractivity contribution < 1.29 is 4.79 Å². The molecule has 0 aromatic rings. The molecule has 41 valence electrons. The standard InChI is InChI=1S/C5H10NO/c1-4-6(3)5(2)7/h3-4H2,1-2H3. The average Bonchev–Trinajstić information content (AvgIpc) is 1.65. The van der Waals surface area contributed by atoms with Crippen LogP contribution in [0.4, 0.5) is 0 Å². The zero-order chi connectivity index (χ0) is 5.86. The van der Waals surface area contributed by atoms with Crippen LogP contribution in [0.3, 0.4) is 0 Å². The summed E-state index contributed by atoms with van der Waals surface area (Å²) in [6.07, 6.45) is 0. The Bertz CT molecular complexity index is 70.5. The predicted molar refractivity (Wildman–Crippen MR) is 28.4 cm³/mol. The number of hydrogen-bond acceptors (Lipinski definition) is 1. The Morgan fingerprint density at radius 2 is 2.29 bits per heavy atom. The van der Waals surface area contributed by atoms with E-state index in [1.807, 2.05) is 6.92 Å². The van der Waals surface area contributed by atoms with E-state index in [9.17, 15) is 4.79 Å². The van der Waals surface area contributed by atoms with E-state index in [4.69, 9.17) is 0 Å². The summed E-state index contributed by atoms with van der Waals surface area (Å²) in [6, 6.07) is 0. The van der Waals surface area contributed by atoms with Gasteiger partial charge in [-0.25, -0.2) is 0 Å². The Balaban J connectivity index is 3.34. The normalized spacial score (nSPS) is 8.43. The highest BCUT2D eigenvalue weighted by Gasteiger charge is 1.94. The van der Waals surface area contributed by atoms with E-state index < -0.39 is 0 Å². The number of carbonyl (C=O) groups is 1. The van der Waals surface area contributed by atoms with Crippen LogP contribution in [-0.2, 0) is 4.79 Å². The summed E-state index contributed by atoms with van der Waals surface area (Å²) in [7, 11) is 3.44. The van der Waals surface area contributed by atoms with Crippen molar-refractivity contribution in [2.75, 3.05) is 6.54 Å². The second kappa shape index (κ2) is 2.61. The minimum Gasteiger partial charge on any atom is -0.341 e. The van der Waals surface area contributed by atoms with Gasteiger partial charge in [-0.3, -0.25) is 4.79 Å². The van der Waals surface area contributed by atoms with Gasteiger partial charge in [0.25, 0.3) is 0 Å². The van der Waals surface area contributed by atoms with E-state index in [2.05, 4.69) is 7.05 Å². The average molecular weight is 100 g/mol. The molecule has 0 N–H and O–H groups in total. The van der Waals surface area contributed by atoms with E-state index in [1.54, 1.807) is 0 Å². The van der Waals surface area contributed by atoms with E-state index in [1.165, 1.54) is 11.8 Å². The molecule has 0 aromatic carbocycles. The molecule has 2 heteroatoms. The Hall–Kier alpha value is -0.530. The summed E-state index contributed by atoms with van der Waals surface area (Å²) in [5.74, 6) is 0.0162. The third-order valence-electron chi connectivity index (χ3n) is 0.827. The second-order valence-electron chi connectivity index (χ2n) is 1.38. The van der Waals surface area contributed by atoms with Gasteiger partial charge in [0.1, 0.15) is 0 Å². The minimum absolute atomic E-state index is 0.0162. The zero-order valence-corrected chi connectivity index (χ0v) is 4.77. The van der Waals surface area contributed by atoms with Crippen LogP contribution in [0.5, 0.6) is 0 Å². The number of rotatable bonds is 1. The first kappa shape index (κ1) is 6.47. The molecule has 7 heavy (non-hydrogen) atoms. The van der Waals surface area contributed by atoms with Crippen LogP contribution >= 0.6 is 0 Å². The number of nitrogens with zero attached hydrogens (tertiary/aromatic N) is 1. The van der Waals surface area contributed by atoms with E-state index >= 15 is 0 Å². The van der Waals surface area contributed by atoms with E-state index in [0.717, 1.165) is 0 Å². The van der Waals surface area contributed by atoms with Crippen molar-refractivity contribution in [2.24, 2.45) is 0 Å². The smallest absolute Gasteiger partial charge is 0.219 e. The molecule has 0 aromatic heterocycles. The molecule has 0 saturated carbocycles. The van der Waals surface area contributed by atoms with Gasteiger partial charge in [0, 0.05) is 20.5 Å². The summed E-state index contributed by atoms with van der Waals surface area (Å²) in [5.41, 5.74) is 0. The molecular formula is C5H10NO. The lowest BCUT2D eigenvalue weighted by atomic mass is 10.6. The summed E-state index contributed by atoms with van der Waals surface area (Å²) >= 11 is 0. The second-order valence-corrected chi connectivity index (χ2v) is 1.38. The molecule has 1 radical (unpaired) electrons. The van der Waals surface area contributed by atoms with Crippen LogP contribution in [0.15, 0.2) is 0 Å². The van der Waals surface area contributed by atoms with Gasteiger partial charge in [-0.2, -0.15) is 0 Å². The number of hydrogen-bond donors (Lipinski definition) is 0. The van der Waals surface area contributed by atoms with Crippen molar-refractivity contribution in [3.05, 3.63) is 7.05 Å². The maximum atomic E-state index is 10.2. The third-order valence-corrected chi connectivity index (χ3v) is 0.827. The van der Waals surface area contributed by atoms with Crippen LogP contribution in [0, 0.1) is 7.05 Å². The molecule has 0 aliphatic rings. The van der Waals surface area contributed by atoms with Gasteiger partial charge in [-0.1, -0.05) is 0 Å². The Labute approximate surface area is 44.1 Å². The maximum absolute atomic E-state index is 10.2. The fraction of sp³-hybridized carbons (Fsp3) is 0.600. The van der Waals surface area contributed by atoms with Gasteiger partial charge >= 0.3 is 0 Å². The molecule has 0 atom stereocenters. The molecule has 0 bridgehead atoms. The fourth-order valence-corrected chi connectivity index (χ4v) is 0.223. The highest BCUT2D eigenvalue weighted by Crippen LogP contribution is 1.80. The Morgan fingerprint density at radius 1 is 1.86 bits per heavy atom. The third kappa shape index (κ3) is 2.20. The fourth-order valence-electron chi connectivity index (χ4n) is 0.223. The van der Waals surface area contributed by atoms with Crippen LogP contribution in [0.25, 0.3) is 0 Å². The first-order valence-corrected chi connectivity index (χ1v) is 2.27. The Kier molecular flexibility index (Phi) is 2.41. The first-order valence-electron chi connectivity index (χ1n) is 2.27. The summed E-state index contributed by atoms with van der Waals surface area (Å²) in [6.45, 7) is 4.07. The predicted octanol–water partition coefficient (Wildman–Crippen LogP) is 0.646. The molecule has 2 nitrogen and oxygen atoms in total. The molecule has 0 unspecified atom stereocenters. The van der Waals surface area contributed by atoms with Crippen molar-refractivity contribution in [3.8, 4) is 0 Å². The molecule has 0 fully saturated rings. The quantitative estimate of drug-likeness (QED) is 0.473.